The second kappa shape index (κ2) is 5.74. The van der Waals surface area contributed by atoms with Gasteiger partial charge in [0.15, 0.2) is 0 Å². The molecule has 0 bridgehead atoms. The molecule has 0 spiro atoms. The third-order valence-corrected chi connectivity index (χ3v) is 4.97. The first-order valence-electron chi connectivity index (χ1n) is 8.01. The summed E-state index contributed by atoms with van der Waals surface area (Å²) < 4.78 is 0. The molecule has 2 rings (SSSR count). The number of carbonyl (C=O) groups is 2. The maximum absolute atomic E-state index is 12.9. The maximum Gasteiger partial charge on any atom is 0.246 e. The van der Waals surface area contributed by atoms with Gasteiger partial charge in [0.1, 0.15) is 12.1 Å². The van der Waals surface area contributed by atoms with E-state index in [1.165, 1.54) is 12.8 Å². The molecule has 0 aromatic heterocycles. The van der Waals surface area contributed by atoms with Crippen LogP contribution in [-0.2, 0) is 9.59 Å². The van der Waals surface area contributed by atoms with E-state index in [1.54, 1.807) is 0 Å². The van der Waals surface area contributed by atoms with Crippen LogP contribution in [0.2, 0.25) is 0 Å². The van der Waals surface area contributed by atoms with Crippen LogP contribution in [0.15, 0.2) is 0 Å². The summed E-state index contributed by atoms with van der Waals surface area (Å²) in [6, 6.07) is -0.463. The molecule has 1 saturated carbocycles. The number of hydrogen-bond acceptors (Lipinski definition) is 2. The van der Waals surface area contributed by atoms with Crippen LogP contribution in [0.3, 0.4) is 0 Å². The van der Waals surface area contributed by atoms with Gasteiger partial charge in [0.25, 0.3) is 0 Å². The largest absolute Gasteiger partial charge is 0.342 e. The second-order valence-electron chi connectivity index (χ2n) is 6.88. The van der Waals surface area contributed by atoms with E-state index in [9.17, 15) is 9.59 Å². The Balaban J connectivity index is 2.28. The molecule has 0 aromatic carbocycles. The predicted octanol–water partition coefficient (Wildman–Crippen LogP) is 2.18. The third kappa shape index (κ3) is 2.70. The van der Waals surface area contributed by atoms with E-state index in [4.69, 9.17) is 0 Å². The molecule has 114 valence electrons. The van der Waals surface area contributed by atoms with E-state index in [0.717, 1.165) is 6.42 Å². The molecular weight excluding hydrogens is 252 g/mol. The van der Waals surface area contributed by atoms with Gasteiger partial charge in [0, 0.05) is 6.04 Å². The highest BCUT2D eigenvalue weighted by atomic mass is 16.2. The van der Waals surface area contributed by atoms with E-state index in [2.05, 4.69) is 19.2 Å². The first-order chi connectivity index (χ1) is 9.38. The van der Waals surface area contributed by atoms with Gasteiger partial charge in [0.2, 0.25) is 11.8 Å². The number of nitrogens with one attached hydrogen (secondary N) is 1. The molecule has 2 amide bonds. The fourth-order valence-electron chi connectivity index (χ4n) is 3.23. The maximum atomic E-state index is 12.9. The molecule has 4 unspecified atom stereocenters. The van der Waals surface area contributed by atoms with Gasteiger partial charge < -0.3 is 10.2 Å². The number of amides is 2. The summed E-state index contributed by atoms with van der Waals surface area (Å²) in [4.78, 5) is 27.2. The summed E-state index contributed by atoms with van der Waals surface area (Å²) in [6.45, 7) is 10.3. The summed E-state index contributed by atoms with van der Waals surface area (Å²) in [5.74, 6) is 1.07. The van der Waals surface area contributed by atoms with E-state index in [-0.39, 0.29) is 41.8 Å². The molecule has 0 aromatic rings. The molecule has 4 heteroatoms. The van der Waals surface area contributed by atoms with Gasteiger partial charge in [-0.3, -0.25) is 9.59 Å². The van der Waals surface area contributed by atoms with Crippen LogP contribution >= 0.6 is 0 Å². The number of rotatable bonds is 5. The summed E-state index contributed by atoms with van der Waals surface area (Å²) in [5.41, 5.74) is 0. The lowest BCUT2D eigenvalue weighted by Crippen LogP contribution is -2.68. The van der Waals surface area contributed by atoms with E-state index >= 15 is 0 Å². The Bertz CT molecular complexity index is 390. The van der Waals surface area contributed by atoms with Gasteiger partial charge in [-0.25, -0.2) is 0 Å². The van der Waals surface area contributed by atoms with Crippen molar-refractivity contribution in [2.45, 2.75) is 72.0 Å². The Kier molecular flexibility index (Phi) is 4.40. The second-order valence-corrected chi connectivity index (χ2v) is 6.88. The first kappa shape index (κ1) is 15.3. The van der Waals surface area contributed by atoms with Crippen molar-refractivity contribution < 1.29 is 9.59 Å². The number of carbonyl (C=O) groups excluding carboxylic acids is 2. The SMILES string of the molecule is CCC(C)C1NC(=O)C(C(C)C)N(C(C)C2CC2)C1=O. The molecule has 2 aliphatic rings. The fraction of sp³-hybridized carbons (Fsp3) is 0.875. The Morgan fingerprint density at radius 1 is 1.20 bits per heavy atom. The predicted molar refractivity (Wildman–Crippen MR) is 79.0 cm³/mol. The molecule has 1 N–H and O–H groups in total. The van der Waals surface area contributed by atoms with E-state index < -0.39 is 0 Å². The van der Waals surface area contributed by atoms with Gasteiger partial charge in [-0.1, -0.05) is 34.1 Å². The minimum Gasteiger partial charge on any atom is -0.342 e. The number of hydrogen-bond donors (Lipinski definition) is 1. The van der Waals surface area contributed by atoms with Gasteiger partial charge in [-0.15, -0.1) is 0 Å². The molecule has 1 saturated heterocycles. The zero-order valence-electron chi connectivity index (χ0n) is 13.3. The molecule has 1 heterocycles. The summed E-state index contributed by atoms with van der Waals surface area (Å²) in [6.07, 6.45) is 3.27. The van der Waals surface area contributed by atoms with Crippen LogP contribution in [0.4, 0.5) is 0 Å². The average Bonchev–Trinajstić information content (AvgIpc) is 3.22. The zero-order chi connectivity index (χ0) is 15.0. The molecule has 2 fully saturated rings. The minimum absolute atomic E-state index is 0.0254. The van der Waals surface area contributed by atoms with Crippen molar-refractivity contribution in [1.29, 1.82) is 0 Å². The van der Waals surface area contributed by atoms with Crippen molar-refractivity contribution in [3.63, 3.8) is 0 Å². The smallest absolute Gasteiger partial charge is 0.246 e. The lowest BCUT2D eigenvalue weighted by molar-refractivity contribution is -0.155. The fourth-order valence-corrected chi connectivity index (χ4v) is 3.23. The Morgan fingerprint density at radius 2 is 1.80 bits per heavy atom. The molecule has 4 nitrogen and oxygen atoms in total. The lowest BCUT2D eigenvalue weighted by Gasteiger charge is -2.45. The van der Waals surface area contributed by atoms with E-state index in [1.807, 2.05) is 25.7 Å². The van der Waals surface area contributed by atoms with Crippen molar-refractivity contribution in [1.82, 2.24) is 10.2 Å². The molecule has 0 radical (unpaired) electrons. The van der Waals surface area contributed by atoms with Gasteiger partial charge in [0.05, 0.1) is 0 Å². The summed E-state index contributed by atoms with van der Waals surface area (Å²) in [7, 11) is 0. The van der Waals surface area contributed by atoms with Crippen molar-refractivity contribution in [3.8, 4) is 0 Å². The monoisotopic (exact) mass is 280 g/mol. The quantitative estimate of drug-likeness (QED) is 0.839. The average molecular weight is 280 g/mol. The Morgan fingerprint density at radius 3 is 2.25 bits per heavy atom. The highest BCUT2D eigenvalue weighted by Gasteiger charge is 2.48. The van der Waals surface area contributed by atoms with Crippen LogP contribution in [-0.4, -0.2) is 34.8 Å². The van der Waals surface area contributed by atoms with Gasteiger partial charge in [-0.2, -0.15) is 0 Å². The molecule has 1 aliphatic carbocycles. The lowest BCUT2D eigenvalue weighted by atomic mass is 9.89. The highest BCUT2D eigenvalue weighted by molar-refractivity contribution is 5.97. The zero-order valence-corrected chi connectivity index (χ0v) is 13.3. The normalized spacial score (nSPS) is 30.4. The van der Waals surface area contributed by atoms with Crippen molar-refractivity contribution in [2.75, 3.05) is 0 Å². The van der Waals surface area contributed by atoms with Gasteiger partial charge in [-0.05, 0) is 37.5 Å². The molecular formula is C16H28N2O2. The summed E-state index contributed by atoms with van der Waals surface area (Å²) in [5, 5.41) is 2.96. The van der Waals surface area contributed by atoms with Crippen molar-refractivity contribution in [3.05, 3.63) is 0 Å². The van der Waals surface area contributed by atoms with Crippen molar-refractivity contribution in [2.24, 2.45) is 17.8 Å². The van der Waals surface area contributed by atoms with Gasteiger partial charge >= 0.3 is 0 Å². The summed E-state index contributed by atoms with van der Waals surface area (Å²) >= 11 is 0. The molecule has 1 aliphatic heterocycles. The Hall–Kier alpha value is -1.06. The van der Waals surface area contributed by atoms with Crippen LogP contribution in [0, 0.1) is 17.8 Å². The topological polar surface area (TPSA) is 49.4 Å². The van der Waals surface area contributed by atoms with Crippen LogP contribution in [0.1, 0.15) is 53.9 Å². The first-order valence-corrected chi connectivity index (χ1v) is 8.01. The highest BCUT2D eigenvalue weighted by Crippen LogP contribution is 2.38. The standard InChI is InChI=1S/C16H28N2O2/c1-6-10(4)13-16(20)18(11(5)12-7-8-12)14(9(2)3)15(19)17-13/h9-14H,6-8H2,1-5H3,(H,17,19). The van der Waals surface area contributed by atoms with E-state index in [0.29, 0.717) is 5.92 Å². The third-order valence-electron chi connectivity index (χ3n) is 4.97. The number of nitrogens with zero attached hydrogens (tertiary/aromatic N) is 1. The minimum atomic E-state index is -0.344. The molecule has 4 atom stereocenters. The molecule has 20 heavy (non-hydrogen) atoms. The Labute approximate surface area is 122 Å². The number of piperazine rings is 1. The van der Waals surface area contributed by atoms with Crippen LogP contribution in [0.5, 0.6) is 0 Å². The van der Waals surface area contributed by atoms with Crippen molar-refractivity contribution >= 4 is 11.8 Å². The van der Waals surface area contributed by atoms with Crippen LogP contribution in [0.25, 0.3) is 0 Å². The van der Waals surface area contributed by atoms with Crippen LogP contribution < -0.4 is 5.32 Å².